The Labute approximate surface area is 148 Å². The van der Waals surface area contributed by atoms with Crippen LogP contribution in [0, 0.1) is 17.8 Å². The summed E-state index contributed by atoms with van der Waals surface area (Å²) in [6, 6.07) is 9.67. The smallest absolute Gasteiger partial charge is 0.253 e. The van der Waals surface area contributed by atoms with Gasteiger partial charge in [0.25, 0.3) is 5.91 Å². The molecule has 1 aliphatic carbocycles. The lowest BCUT2D eigenvalue weighted by atomic mass is 9.82. The Bertz CT molecular complexity index is 696. The van der Waals surface area contributed by atoms with Gasteiger partial charge in [-0.05, 0) is 31.2 Å². The molecule has 3 rings (SSSR count). The second-order valence-electron chi connectivity index (χ2n) is 7.13. The molecule has 1 heterocycles. The van der Waals surface area contributed by atoms with E-state index in [-0.39, 0.29) is 17.7 Å². The Balaban J connectivity index is 1.63. The van der Waals surface area contributed by atoms with Gasteiger partial charge in [0.1, 0.15) is 5.92 Å². The monoisotopic (exact) mass is 339 g/mol. The molecule has 0 spiro atoms. The number of hydrazone groups is 1. The van der Waals surface area contributed by atoms with Gasteiger partial charge < -0.3 is 5.32 Å². The predicted octanol–water partition coefficient (Wildman–Crippen LogP) is 2.61. The second-order valence-corrected chi connectivity index (χ2v) is 7.13. The molecule has 0 aromatic heterocycles. The van der Waals surface area contributed by atoms with Gasteiger partial charge in [0.05, 0.1) is 0 Å². The molecule has 1 fully saturated rings. The number of hydrogen-bond donors (Lipinski definition) is 2. The van der Waals surface area contributed by atoms with E-state index in [2.05, 4.69) is 35.8 Å². The number of carbonyl (C=O) groups excluding carboxylic acids is 2. The highest BCUT2D eigenvalue weighted by Crippen LogP contribution is 2.29. The van der Waals surface area contributed by atoms with Crippen molar-refractivity contribution in [3.63, 3.8) is 0 Å². The average Bonchev–Trinajstić information content (AvgIpc) is 2.99. The normalized spacial score (nSPS) is 29.4. The van der Waals surface area contributed by atoms with Crippen molar-refractivity contribution in [2.75, 3.05) is 6.54 Å². The molecule has 132 valence electrons. The fraction of sp³-hybridized carbons (Fsp3) is 0.450. The highest BCUT2D eigenvalue weighted by molar-refractivity contribution is 6.03. The largest absolute Gasteiger partial charge is 0.355 e. The molecular weight excluding hydrogens is 314 g/mol. The van der Waals surface area contributed by atoms with Gasteiger partial charge in [-0.25, -0.2) is 5.43 Å². The standard InChI is InChI=1S/C20H25N3O2/c1-13-8-9-16(14(2)10-13)11-22-23-20(25)18-17(12-21-19(18)24)15-6-4-3-5-7-15/h3-8,11,14,16-18H,9-10,12H2,1-2H3,(H,21,24)(H,23,25). The van der Waals surface area contributed by atoms with Crippen LogP contribution in [0.2, 0.25) is 0 Å². The fourth-order valence-corrected chi connectivity index (χ4v) is 3.72. The molecule has 2 amide bonds. The van der Waals surface area contributed by atoms with Crippen LogP contribution in [0.3, 0.4) is 0 Å². The van der Waals surface area contributed by atoms with E-state index >= 15 is 0 Å². The molecule has 0 bridgehead atoms. The number of nitrogens with zero attached hydrogens (tertiary/aromatic N) is 1. The quantitative estimate of drug-likeness (QED) is 0.383. The predicted molar refractivity (Wildman–Crippen MR) is 98.0 cm³/mol. The van der Waals surface area contributed by atoms with Crippen LogP contribution in [-0.2, 0) is 9.59 Å². The van der Waals surface area contributed by atoms with Gasteiger partial charge >= 0.3 is 0 Å². The van der Waals surface area contributed by atoms with Crippen LogP contribution in [0.5, 0.6) is 0 Å². The van der Waals surface area contributed by atoms with Gasteiger partial charge in [-0.3, -0.25) is 9.59 Å². The van der Waals surface area contributed by atoms with Gasteiger partial charge in [-0.15, -0.1) is 0 Å². The molecule has 1 aromatic rings. The minimum atomic E-state index is -0.731. The molecule has 5 heteroatoms. The molecule has 1 aromatic carbocycles. The van der Waals surface area contributed by atoms with Crippen molar-refractivity contribution < 1.29 is 9.59 Å². The average molecular weight is 339 g/mol. The van der Waals surface area contributed by atoms with Crippen molar-refractivity contribution in [2.24, 2.45) is 22.9 Å². The first-order valence-corrected chi connectivity index (χ1v) is 8.87. The van der Waals surface area contributed by atoms with Gasteiger partial charge in [0, 0.05) is 24.6 Å². The van der Waals surface area contributed by atoms with Crippen LogP contribution < -0.4 is 10.7 Å². The van der Waals surface area contributed by atoms with E-state index in [1.54, 1.807) is 0 Å². The van der Waals surface area contributed by atoms with E-state index in [1.165, 1.54) is 5.57 Å². The molecule has 2 aliphatic rings. The van der Waals surface area contributed by atoms with E-state index < -0.39 is 5.92 Å². The molecule has 1 aliphatic heterocycles. The number of hydrogen-bond acceptors (Lipinski definition) is 3. The first-order chi connectivity index (χ1) is 12.1. The van der Waals surface area contributed by atoms with E-state index in [4.69, 9.17) is 0 Å². The zero-order chi connectivity index (χ0) is 17.8. The third kappa shape index (κ3) is 3.98. The topological polar surface area (TPSA) is 70.6 Å². The first kappa shape index (κ1) is 17.4. The van der Waals surface area contributed by atoms with E-state index in [0.717, 1.165) is 18.4 Å². The van der Waals surface area contributed by atoms with Crippen molar-refractivity contribution in [1.29, 1.82) is 0 Å². The number of nitrogens with one attached hydrogen (secondary N) is 2. The molecule has 0 radical (unpaired) electrons. The lowest BCUT2D eigenvalue weighted by molar-refractivity contribution is -0.133. The summed E-state index contributed by atoms with van der Waals surface area (Å²) in [6.45, 7) is 4.83. The highest BCUT2D eigenvalue weighted by Gasteiger charge is 2.40. The lowest BCUT2D eigenvalue weighted by Crippen LogP contribution is -2.35. The summed E-state index contributed by atoms with van der Waals surface area (Å²) in [4.78, 5) is 24.6. The van der Waals surface area contributed by atoms with Crippen molar-refractivity contribution in [1.82, 2.24) is 10.7 Å². The Morgan fingerprint density at radius 2 is 2.08 bits per heavy atom. The van der Waals surface area contributed by atoms with E-state index in [0.29, 0.717) is 18.4 Å². The molecule has 1 saturated heterocycles. The minimum absolute atomic E-state index is 0.150. The SMILES string of the molecule is CC1=CCC(C=NNC(=O)C2C(=O)NCC2c2ccccc2)C(C)C1. The van der Waals surface area contributed by atoms with Crippen molar-refractivity contribution in [2.45, 2.75) is 32.6 Å². The number of allylic oxidation sites excluding steroid dienone is 2. The maximum atomic E-state index is 12.5. The van der Waals surface area contributed by atoms with E-state index in [9.17, 15) is 9.59 Å². The van der Waals surface area contributed by atoms with Crippen molar-refractivity contribution >= 4 is 18.0 Å². The fourth-order valence-electron chi connectivity index (χ4n) is 3.72. The Hall–Kier alpha value is -2.43. The number of amides is 2. The number of benzene rings is 1. The third-order valence-corrected chi connectivity index (χ3v) is 5.25. The molecular formula is C20H25N3O2. The van der Waals surface area contributed by atoms with Crippen molar-refractivity contribution in [3.05, 3.63) is 47.5 Å². The van der Waals surface area contributed by atoms with Gasteiger partial charge in [-0.2, -0.15) is 5.10 Å². The van der Waals surface area contributed by atoms with Crippen LogP contribution in [0.4, 0.5) is 0 Å². The Morgan fingerprint density at radius 3 is 2.80 bits per heavy atom. The first-order valence-electron chi connectivity index (χ1n) is 8.87. The van der Waals surface area contributed by atoms with Crippen LogP contribution >= 0.6 is 0 Å². The van der Waals surface area contributed by atoms with Gasteiger partial charge in [0.15, 0.2) is 0 Å². The highest BCUT2D eigenvalue weighted by atomic mass is 16.2. The van der Waals surface area contributed by atoms with Crippen LogP contribution in [0.15, 0.2) is 47.1 Å². The number of carbonyl (C=O) groups is 2. The van der Waals surface area contributed by atoms with Crippen LogP contribution in [-0.4, -0.2) is 24.6 Å². The van der Waals surface area contributed by atoms with Crippen molar-refractivity contribution in [3.8, 4) is 0 Å². The molecule has 2 N–H and O–H groups in total. The molecule has 5 nitrogen and oxygen atoms in total. The number of rotatable bonds is 4. The molecule has 4 atom stereocenters. The Morgan fingerprint density at radius 1 is 1.32 bits per heavy atom. The lowest BCUT2D eigenvalue weighted by Gasteiger charge is -2.24. The summed E-state index contributed by atoms with van der Waals surface area (Å²) in [7, 11) is 0. The summed E-state index contributed by atoms with van der Waals surface area (Å²) >= 11 is 0. The summed E-state index contributed by atoms with van der Waals surface area (Å²) in [5.41, 5.74) is 4.99. The summed E-state index contributed by atoms with van der Waals surface area (Å²) in [6.07, 6.45) is 6.05. The van der Waals surface area contributed by atoms with Crippen LogP contribution in [0.1, 0.15) is 38.2 Å². The zero-order valence-corrected chi connectivity index (χ0v) is 14.7. The van der Waals surface area contributed by atoms with E-state index in [1.807, 2.05) is 36.5 Å². The molecule has 4 unspecified atom stereocenters. The molecule has 0 saturated carbocycles. The molecule has 25 heavy (non-hydrogen) atoms. The zero-order valence-electron chi connectivity index (χ0n) is 14.7. The maximum Gasteiger partial charge on any atom is 0.253 e. The maximum absolute atomic E-state index is 12.5. The van der Waals surface area contributed by atoms with Gasteiger partial charge in [-0.1, -0.05) is 48.9 Å². The van der Waals surface area contributed by atoms with Crippen LogP contribution in [0.25, 0.3) is 0 Å². The summed E-state index contributed by atoms with van der Waals surface area (Å²) < 4.78 is 0. The second kappa shape index (κ2) is 7.64. The Kier molecular flexibility index (Phi) is 5.31. The summed E-state index contributed by atoms with van der Waals surface area (Å²) in [5, 5.41) is 6.94. The van der Waals surface area contributed by atoms with Gasteiger partial charge in [0.2, 0.25) is 5.91 Å². The minimum Gasteiger partial charge on any atom is -0.355 e. The third-order valence-electron chi connectivity index (χ3n) is 5.25. The summed E-state index contributed by atoms with van der Waals surface area (Å²) in [5.74, 6) is -0.612.